The molecule has 10 nitrogen and oxygen atoms in total. The zero-order valence-corrected chi connectivity index (χ0v) is 15.8. The fourth-order valence-electron chi connectivity index (χ4n) is 2.55. The molecule has 5 atom stereocenters. The van der Waals surface area contributed by atoms with Crippen LogP contribution in [0.1, 0.15) is 6.23 Å². The van der Waals surface area contributed by atoms with Crippen LogP contribution >= 0.6 is 19.3 Å². The highest BCUT2D eigenvalue weighted by Crippen LogP contribution is 2.46. The molecule has 13 heteroatoms. The van der Waals surface area contributed by atoms with Crippen LogP contribution < -0.4 is 21.3 Å². The Morgan fingerprint density at radius 2 is 2.04 bits per heavy atom. The predicted molar refractivity (Wildman–Crippen MR) is 95.7 cm³/mol. The van der Waals surface area contributed by atoms with Gasteiger partial charge in [-0.2, -0.15) is 0 Å². The summed E-state index contributed by atoms with van der Waals surface area (Å²) in [4.78, 5) is 24.9. The third-order valence-corrected chi connectivity index (χ3v) is 5.26. The van der Waals surface area contributed by atoms with E-state index in [1.807, 2.05) is 4.98 Å². The van der Waals surface area contributed by atoms with Gasteiger partial charge in [0, 0.05) is 12.3 Å². The van der Waals surface area contributed by atoms with E-state index in [1.165, 1.54) is 12.1 Å². The number of nitrogens with two attached hydrogens (primary N) is 1. The Morgan fingerprint density at radius 1 is 1.36 bits per heavy atom. The van der Waals surface area contributed by atoms with Crippen LogP contribution in [0, 0.1) is 0 Å². The fraction of sp³-hybridized carbons (Fsp3) is 0.333. The molecular weight excluding hydrogens is 420 g/mol. The Hall–Kier alpha value is -2.01. The summed E-state index contributed by atoms with van der Waals surface area (Å²) < 4.78 is 43.0. The molecule has 5 unspecified atom stereocenters. The molecule has 152 valence electrons. The molecule has 1 aromatic carbocycles. The molecule has 1 aliphatic heterocycles. The van der Waals surface area contributed by atoms with Crippen LogP contribution in [0.3, 0.4) is 0 Å². The van der Waals surface area contributed by atoms with Crippen LogP contribution in [0.5, 0.6) is 5.75 Å². The van der Waals surface area contributed by atoms with E-state index in [1.54, 1.807) is 18.2 Å². The average Bonchev–Trinajstić information content (AvgIpc) is 2.84. The Kier molecular flexibility index (Phi) is 5.76. The molecule has 0 radical (unpaired) electrons. The maximum atomic E-state index is 14.8. The Morgan fingerprint density at radius 3 is 2.68 bits per heavy atom. The van der Waals surface area contributed by atoms with Gasteiger partial charge < -0.3 is 14.4 Å². The minimum atomic E-state index is -4.12. The lowest BCUT2D eigenvalue weighted by molar-refractivity contribution is -0.0487. The number of nitrogens with zero attached hydrogens (tertiary/aromatic N) is 1. The third kappa shape index (κ3) is 4.35. The summed E-state index contributed by atoms with van der Waals surface area (Å²) in [5.74, 6) is 0.177. The van der Waals surface area contributed by atoms with Gasteiger partial charge in [-0.1, -0.05) is 29.8 Å². The number of benzene rings is 1. The number of rotatable bonds is 6. The van der Waals surface area contributed by atoms with Crippen molar-refractivity contribution in [1.29, 1.82) is 0 Å². The summed E-state index contributed by atoms with van der Waals surface area (Å²) in [6, 6.07) is 8.89. The molecule has 4 N–H and O–H groups in total. The second-order valence-corrected chi connectivity index (χ2v) is 8.00. The molecule has 0 saturated carbocycles. The number of nitrogens with one attached hydrogen (secondary N) is 1. The first kappa shape index (κ1) is 20.7. The molecular formula is C15H16ClFN3O7P. The van der Waals surface area contributed by atoms with Crippen LogP contribution in [0.2, 0.25) is 0 Å². The van der Waals surface area contributed by atoms with Gasteiger partial charge in [0.25, 0.3) is 10.7 Å². The first-order chi connectivity index (χ1) is 13.1. The zero-order chi connectivity index (χ0) is 20.5. The lowest BCUT2D eigenvalue weighted by Crippen LogP contribution is -2.42. The number of aromatic amines is 1. The minimum Gasteiger partial charge on any atom is -0.413 e. The second kappa shape index (κ2) is 7.78. The predicted octanol–water partition coefficient (Wildman–Crippen LogP) is 0.862. The number of alkyl halides is 2. The van der Waals surface area contributed by atoms with Gasteiger partial charge in [0.2, 0.25) is 0 Å². The van der Waals surface area contributed by atoms with E-state index in [0.29, 0.717) is 4.57 Å². The SMILES string of the molecule is NP(=O)(OCC1OC(n2ccc(=O)[nH]c2=O)C(F)(Cl)C1O)Oc1ccccc1. The summed E-state index contributed by atoms with van der Waals surface area (Å²) in [6.07, 6.45) is -4.21. The molecule has 2 aromatic rings. The quantitative estimate of drug-likeness (QED) is 0.447. The number of para-hydroxylation sites is 1. The van der Waals surface area contributed by atoms with Gasteiger partial charge >= 0.3 is 13.4 Å². The molecule has 1 fully saturated rings. The normalized spacial score (nSPS) is 29.4. The van der Waals surface area contributed by atoms with Crippen molar-refractivity contribution in [2.75, 3.05) is 6.61 Å². The molecule has 1 saturated heterocycles. The van der Waals surface area contributed by atoms with Gasteiger partial charge in [0.15, 0.2) is 6.23 Å². The van der Waals surface area contributed by atoms with Crippen LogP contribution in [-0.2, 0) is 13.8 Å². The van der Waals surface area contributed by atoms with E-state index in [0.717, 1.165) is 12.3 Å². The van der Waals surface area contributed by atoms with E-state index in [4.69, 9.17) is 30.9 Å². The highest BCUT2D eigenvalue weighted by Gasteiger charge is 2.58. The second-order valence-electron chi connectivity index (χ2n) is 5.90. The number of H-pyrrole nitrogens is 1. The Labute approximate surface area is 162 Å². The first-order valence-corrected chi connectivity index (χ1v) is 9.90. The lowest BCUT2D eigenvalue weighted by atomic mass is 10.1. The smallest absolute Gasteiger partial charge is 0.413 e. The lowest BCUT2D eigenvalue weighted by Gasteiger charge is -2.22. The van der Waals surface area contributed by atoms with Gasteiger partial charge in [-0.3, -0.25) is 18.9 Å². The average molecular weight is 436 g/mol. The van der Waals surface area contributed by atoms with Crippen molar-refractivity contribution in [2.45, 2.75) is 23.6 Å². The minimum absolute atomic E-state index is 0.177. The van der Waals surface area contributed by atoms with Crippen molar-refractivity contribution in [3.63, 3.8) is 0 Å². The number of hydrogen-bond donors (Lipinski definition) is 3. The summed E-state index contributed by atoms with van der Waals surface area (Å²) in [7, 11) is -4.12. The molecule has 3 rings (SSSR count). The van der Waals surface area contributed by atoms with Crippen LogP contribution in [-0.4, -0.2) is 38.6 Å². The summed E-state index contributed by atoms with van der Waals surface area (Å²) in [5.41, 5.74) is 3.78. The van der Waals surface area contributed by atoms with E-state index >= 15 is 0 Å². The van der Waals surface area contributed by atoms with E-state index < -0.39 is 49.2 Å². The van der Waals surface area contributed by atoms with Gasteiger partial charge in [-0.05, 0) is 12.1 Å². The molecule has 0 amide bonds. The molecule has 1 aliphatic rings. The Balaban J connectivity index is 1.72. The first-order valence-electron chi connectivity index (χ1n) is 7.91. The fourth-order valence-corrected chi connectivity index (χ4v) is 3.67. The standard InChI is InChI=1S/C15H16ClFN3O7P/c16-15(17)12(22)10(26-13(15)20-7-6-11(21)19-14(20)23)8-25-28(18,24)27-9-4-2-1-3-5-9/h1-7,10,12-13,22H,8H2,(H2,18,24)(H,19,21,23). The maximum absolute atomic E-state index is 14.8. The monoisotopic (exact) mass is 435 g/mol. The summed E-state index contributed by atoms with van der Waals surface area (Å²) in [6.45, 7) is -0.644. The van der Waals surface area contributed by atoms with Crippen molar-refractivity contribution < 1.29 is 27.8 Å². The highest BCUT2D eigenvalue weighted by molar-refractivity contribution is 7.51. The molecule has 0 spiro atoms. The number of ether oxygens (including phenoxy) is 1. The number of aliphatic hydroxyl groups is 1. The molecule has 28 heavy (non-hydrogen) atoms. The molecule has 0 aliphatic carbocycles. The number of hydrogen-bond acceptors (Lipinski definition) is 7. The van der Waals surface area contributed by atoms with E-state index in [-0.39, 0.29) is 5.75 Å². The van der Waals surface area contributed by atoms with Crippen molar-refractivity contribution in [1.82, 2.24) is 9.55 Å². The number of aromatic nitrogens is 2. The van der Waals surface area contributed by atoms with E-state index in [2.05, 4.69) is 0 Å². The number of aliphatic hydroxyl groups excluding tert-OH is 1. The number of halogens is 2. The van der Waals surface area contributed by atoms with Crippen molar-refractivity contribution in [3.8, 4) is 5.75 Å². The Bertz CT molecular complexity index is 999. The van der Waals surface area contributed by atoms with E-state index in [9.17, 15) is 23.7 Å². The molecule has 0 bridgehead atoms. The van der Waals surface area contributed by atoms with Crippen molar-refractivity contribution in [3.05, 3.63) is 63.4 Å². The largest absolute Gasteiger partial charge is 0.456 e. The van der Waals surface area contributed by atoms with Gasteiger partial charge in [0.1, 0.15) is 18.0 Å². The van der Waals surface area contributed by atoms with Gasteiger partial charge in [-0.25, -0.2) is 19.3 Å². The van der Waals surface area contributed by atoms with Gasteiger partial charge in [-0.15, -0.1) is 0 Å². The van der Waals surface area contributed by atoms with Crippen molar-refractivity contribution in [2.24, 2.45) is 5.50 Å². The maximum Gasteiger partial charge on any atom is 0.456 e. The van der Waals surface area contributed by atoms with Crippen LogP contribution in [0.15, 0.2) is 52.2 Å². The van der Waals surface area contributed by atoms with Crippen LogP contribution in [0.25, 0.3) is 0 Å². The summed E-state index contributed by atoms with van der Waals surface area (Å²) >= 11 is 5.72. The molecule has 2 heterocycles. The van der Waals surface area contributed by atoms with Crippen molar-refractivity contribution >= 4 is 19.3 Å². The molecule has 1 aromatic heterocycles. The highest BCUT2D eigenvalue weighted by atomic mass is 35.5. The summed E-state index contributed by atoms with van der Waals surface area (Å²) in [5, 5.41) is 7.17. The topological polar surface area (TPSA) is 146 Å². The van der Waals surface area contributed by atoms with Crippen LogP contribution in [0.4, 0.5) is 4.39 Å². The zero-order valence-electron chi connectivity index (χ0n) is 14.1. The van der Waals surface area contributed by atoms with Gasteiger partial charge in [0.05, 0.1) is 6.61 Å². The third-order valence-electron chi connectivity index (χ3n) is 3.88.